The highest BCUT2D eigenvalue weighted by molar-refractivity contribution is 5.67. The average Bonchev–Trinajstić information content (AvgIpc) is 2.46. The molecule has 0 amide bonds. The molecule has 0 aliphatic rings. The van der Waals surface area contributed by atoms with Gasteiger partial charge >= 0.3 is 0 Å². The summed E-state index contributed by atoms with van der Waals surface area (Å²) in [6.45, 7) is 2.09. The highest BCUT2D eigenvalue weighted by atomic mass is 16.5. The fraction of sp³-hybridized carbons (Fsp3) is 0.286. The summed E-state index contributed by atoms with van der Waals surface area (Å²) in [4.78, 5) is 8.37. The minimum absolute atomic E-state index is 0.0917. The molecule has 100 valence electrons. The molecule has 0 aliphatic heterocycles. The van der Waals surface area contributed by atoms with Gasteiger partial charge in [-0.2, -0.15) is 0 Å². The number of benzene rings is 1. The van der Waals surface area contributed by atoms with Crippen molar-refractivity contribution >= 4 is 0 Å². The first-order valence-corrected chi connectivity index (χ1v) is 6.01. The summed E-state index contributed by atoms with van der Waals surface area (Å²) in [5.41, 5.74) is 8.10. The second-order valence-corrected chi connectivity index (χ2v) is 4.26. The molecule has 5 nitrogen and oxygen atoms in total. The third-order valence-corrected chi connectivity index (χ3v) is 2.83. The van der Waals surface area contributed by atoms with Crippen LogP contribution >= 0.6 is 0 Å². The van der Waals surface area contributed by atoms with E-state index in [-0.39, 0.29) is 6.54 Å². The van der Waals surface area contributed by atoms with E-state index in [1.807, 2.05) is 25.1 Å². The molecule has 0 bridgehead atoms. The summed E-state index contributed by atoms with van der Waals surface area (Å²) >= 11 is 0. The average molecular weight is 259 g/mol. The number of aromatic nitrogens is 2. The normalized spacial score (nSPS) is 12.2. The zero-order valence-corrected chi connectivity index (χ0v) is 11.0. The second-order valence-electron chi connectivity index (χ2n) is 4.26. The number of aliphatic hydroxyl groups excluding tert-OH is 1. The van der Waals surface area contributed by atoms with Crippen molar-refractivity contribution < 1.29 is 9.84 Å². The molecule has 0 saturated carbocycles. The van der Waals surface area contributed by atoms with Crippen molar-refractivity contribution in [1.82, 2.24) is 9.97 Å². The number of methoxy groups -OCH3 is 1. The van der Waals surface area contributed by atoms with Gasteiger partial charge in [0.2, 0.25) is 0 Å². The quantitative estimate of drug-likeness (QED) is 0.868. The van der Waals surface area contributed by atoms with E-state index in [1.54, 1.807) is 19.4 Å². The maximum Gasteiger partial charge on any atom is 0.158 e. The molecule has 0 fully saturated rings. The Balaban J connectivity index is 2.49. The zero-order valence-electron chi connectivity index (χ0n) is 11.0. The van der Waals surface area contributed by atoms with Crippen LogP contribution in [0.1, 0.15) is 17.5 Å². The van der Waals surface area contributed by atoms with Gasteiger partial charge in [0.1, 0.15) is 11.9 Å². The molecule has 1 atom stereocenters. The highest BCUT2D eigenvalue weighted by Crippen LogP contribution is 2.29. The summed E-state index contributed by atoms with van der Waals surface area (Å²) in [5, 5.41) is 9.70. The van der Waals surface area contributed by atoms with Gasteiger partial charge in [-0.05, 0) is 25.1 Å². The summed E-state index contributed by atoms with van der Waals surface area (Å²) in [5.74, 6) is 1.06. The summed E-state index contributed by atoms with van der Waals surface area (Å²) < 4.78 is 5.33. The van der Waals surface area contributed by atoms with Crippen molar-refractivity contribution in [2.75, 3.05) is 13.7 Å². The third-order valence-electron chi connectivity index (χ3n) is 2.83. The number of rotatable bonds is 4. The highest BCUT2D eigenvalue weighted by Gasteiger charge is 2.12. The molecule has 2 rings (SSSR count). The molecule has 0 aliphatic carbocycles. The van der Waals surface area contributed by atoms with Gasteiger partial charge in [-0.15, -0.1) is 0 Å². The molecule has 1 unspecified atom stereocenters. The van der Waals surface area contributed by atoms with Crippen LogP contribution in [0.25, 0.3) is 11.3 Å². The number of ether oxygens (including phenoxy) is 1. The molecule has 1 aromatic carbocycles. The number of aliphatic hydroxyl groups is 1. The Morgan fingerprint density at radius 3 is 2.84 bits per heavy atom. The lowest BCUT2D eigenvalue weighted by Crippen LogP contribution is -2.14. The van der Waals surface area contributed by atoms with Crippen molar-refractivity contribution in [2.24, 2.45) is 5.73 Å². The lowest BCUT2D eigenvalue weighted by atomic mass is 10.1. The van der Waals surface area contributed by atoms with Gasteiger partial charge in [0, 0.05) is 18.3 Å². The van der Waals surface area contributed by atoms with E-state index in [9.17, 15) is 5.11 Å². The molecule has 0 spiro atoms. The molecule has 1 aromatic heterocycles. The third kappa shape index (κ3) is 2.89. The molecule has 3 N–H and O–H groups in total. The zero-order chi connectivity index (χ0) is 13.8. The Labute approximate surface area is 112 Å². The first kappa shape index (κ1) is 13.5. The van der Waals surface area contributed by atoms with Crippen LogP contribution in [0.15, 0.2) is 30.5 Å². The van der Waals surface area contributed by atoms with E-state index in [2.05, 4.69) is 9.97 Å². The minimum atomic E-state index is -0.851. The maximum absolute atomic E-state index is 9.70. The number of hydrogen-bond acceptors (Lipinski definition) is 5. The maximum atomic E-state index is 9.70. The van der Waals surface area contributed by atoms with E-state index in [0.29, 0.717) is 11.5 Å². The van der Waals surface area contributed by atoms with Gasteiger partial charge < -0.3 is 15.6 Å². The van der Waals surface area contributed by atoms with E-state index >= 15 is 0 Å². The predicted molar refractivity (Wildman–Crippen MR) is 72.8 cm³/mol. The first-order chi connectivity index (χ1) is 9.15. The molecular formula is C14H17N3O2. The smallest absolute Gasteiger partial charge is 0.158 e. The number of aryl methyl sites for hydroxylation is 1. The Morgan fingerprint density at radius 2 is 2.16 bits per heavy atom. The Hall–Kier alpha value is -1.98. The summed E-state index contributed by atoms with van der Waals surface area (Å²) in [6, 6.07) is 7.63. The van der Waals surface area contributed by atoms with Crippen LogP contribution in [-0.4, -0.2) is 28.7 Å². The van der Waals surface area contributed by atoms with E-state index in [4.69, 9.17) is 10.5 Å². The van der Waals surface area contributed by atoms with Crippen molar-refractivity contribution in [3.8, 4) is 17.0 Å². The number of nitrogens with two attached hydrogens (primary N) is 1. The number of nitrogens with zero attached hydrogens (tertiary/aromatic N) is 2. The lowest BCUT2D eigenvalue weighted by molar-refractivity contribution is 0.176. The van der Waals surface area contributed by atoms with Crippen molar-refractivity contribution in [2.45, 2.75) is 13.0 Å². The van der Waals surface area contributed by atoms with Crippen LogP contribution in [0.5, 0.6) is 5.75 Å². The molecular weight excluding hydrogens is 242 g/mol. The van der Waals surface area contributed by atoms with Crippen LogP contribution in [-0.2, 0) is 0 Å². The van der Waals surface area contributed by atoms with Crippen LogP contribution < -0.4 is 10.5 Å². The summed E-state index contributed by atoms with van der Waals surface area (Å²) in [7, 11) is 1.62. The fourth-order valence-electron chi connectivity index (χ4n) is 1.81. The molecule has 1 heterocycles. The monoisotopic (exact) mass is 259 g/mol. The van der Waals surface area contributed by atoms with Gasteiger partial charge in [-0.3, -0.25) is 0 Å². The van der Waals surface area contributed by atoms with Crippen molar-refractivity contribution in [1.29, 1.82) is 0 Å². The molecule has 19 heavy (non-hydrogen) atoms. The van der Waals surface area contributed by atoms with Gasteiger partial charge in [-0.25, -0.2) is 9.97 Å². The molecule has 0 radical (unpaired) electrons. The van der Waals surface area contributed by atoms with E-state index < -0.39 is 6.10 Å². The lowest BCUT2D eigenvalue weighted by Gasteiger charge is -2.11. The minimum Gasteiger partial charge on any atom is -0.496 e. The van der Waals surface area contributed by atoms with Crippen molar-refractivity contribution in [3.05, 3.63) is 41.9 Å². The van der Waals surface area contributed by atoms with E-state index in [0.717, 1.165) is 16.9 Å². The van der Waals surface area contributed by atoms with Gasteiger partial charge in [0.05, 0.1) is 12.8 Å². The Bertz CT molecular complexity index is 572. The molecule has 0 saturated heterocycles. The van der Waals surface area contributed by atoms with Crippen LogP contribution in [0.4, 0.5) is 0 Å². The predicted octanol–water partition coefficient (Wildman–Crippen LogP) is 1.45. The molecule has 2 aromatic rings. The molecule has 5 heteroatoms. The summed E-state index contributed by atoms with van der Waals surface area (Å²) in [6.07, 6.45) is 0.758. The van der Waals surface area contributed by atoms with Gasteiger partial charge in [0.15, 0.2) is 5.82 Å². The van der Waals surface area contributed by atoms with Gasteiger partial charge in [-0.1, -0.05) is 11.6 Å². The second kappa shape index (κ2) is 5.77. The van der Waals surface area contributed by atoms with Crippen LogP contribution in [0, 0.1) is 6.92 Å². The topological polar surface area (TPSA) is 81.3 Å². The van der Waals surface area contributed by atoms with Crippen LogP contribution in [0.3, 0.4) is 0 Å². The Morgan fingerprint density at radius 1 is 1.37 bits per heavy atom. The van der Waals surface area contributed by atoms with E-state index in [1.165, 1.54) is 0 Å². The SMILES string of the molecule is COc1ccc(C)cc1-c1ccnc(C(O)CN)n1. The standard InChI is InChI=1S/C14H17N3O2/c1-9-3-4-13(19-2)10(7-9)11-5-6-16-14(17-11)12(18)8-15/h3-7,12,18H,8,15H2,1-2H3. The first-order valence-electron chi connectivity index (χ1n) is 6.01. The van der Waals surface area contributed by atoms with Gasteiger partial charge in [0.25, 0.3) is 0 Å². The fourth-order valence-corrected chi connectivity index (χ4v) is 1.81. The largest absolute Gasteiger partial charge is 0.496 e. The van der Waals surface area contributed by atoms with Crippen molar-refractivity contribution in [3.63, 3.8) is 0 Å². The van der Waals surface area contributed by atoms with Crippen LogP contribution in [0.2, 0.25) is 0 Å². The Kier molecular flexibility index (Phi) is 4.09. The number of hydrogen-bond donors (Lipinski definition) is 2.